The molecular weight excluding hydrogens is 336 g/mol. The zero-order valence-electron chi connectivity index (χ0n) is 14.9. The standard InChI is InChI=1S/C16H26O9/c1-5-6-7-21-14-13(23-10(3)18)12(8-22-9(2)17)25-16(20)15(14)24-11(4)19/h12-16,20H,5-8H2,1-4H3/t12-,13-,14-,15+,16?/m1/s1. The van der Waals surface area contributed by atoms with E-state index in [1.165, 1.54) is 20.8 Å². The molecule has 0 aromatic heterocycles. The Kier molecular flexibility index (Phi) is 8.81. The Balaban J connectivity index is 3.02. The van der Waals surface area contributed by atoms with Crippen molar-refractivity contribution in [2.24, 2.45) is 0 Å². The van der Waals surface area contributed by atoms with Crippen molar-refractivity contribution in [2.75, 3.05) is 13.2 Å². The van der Waals surface area contributed by atoms with E-state index in [4.69, 9.17) is 23.7 Å². The quantitative estimate of drug-likeness (QED) is 0.370. The van der Waals surface area contributed by atoms with Gasteiger partial charge in [-0.3, -0.25) is 14.4 Å². The van der Waals surface area contributed by atoms with E-state index in [0.717, 1.165) is 12.8 Å². The number of ether oxygens (including phenoxy) is 5. The Morgan fingerprint density at radius 2 is 1.56 bits per heavy atom. The third-order valence-corrected chi connectivity index (χ3v) is 3.47. The molecule has 1 rings (SSSR count). The second-order valence-corrected chi connectivity index (χ2v) is 5.70. The molecule has 0 amide bonds. The van der Waals surface area contributed by atoms with Gasteiger partial charge in [-0.25, -0.2) is 0 Å². The molecule has 9 heteroatoms. The second kappa shape index (κ2) is 10.3. The van der Waals surface area contributed by atoms with E-state index in [0.29, 0.717) is 6.61 Å². The first kappa shape index (κ1) is 21.3. The maximum Gasteiger partial charge on any atom is 0.303 e. The van der Waals surface area contributed by atoms with Crippen LogP contribution in [0.5, 0.6) is 0 Å². The summed E-state index contributed by atoms with van der Waals surface area (Å²) >= 11 is 0. The molecule has 1 N–H and O–H groups in total. The van der Waals surface area contributed by atoms with Gasteiger partial charge in [0.15, 0.2) is 18.5 Å². The lowest BCUT2D eigenvalue weighted by molar-refractivity contribution is -0.300. The van der Waals surface area contributed by atoms with Gasteiger partial charge >= 0.3 is 17.9 Å². The fourth-order valence-corrected chi connectivity index (χ4v) is 2.43. The van der Waals surface area contributed by atoms with Crippen molar-refractivity contribution >= 4 is 17.9 Å². The van der Waals surface area contributed by atoms with E-state index in [1.807, 2.05) is 6.92 Å². The lowest BCUT2D eigenvalue weighted by Crippen LogP contribution is -2.62. The Bertz CT molecular complexity index is 465. The van der Waals surface area contributed by atoms with Crippen molar-refractivity contribution in [3.63, 3.8) is 0 Å². The number of aliphatic hydroxyl groups is 1. The highest BCUT2D eigenvalue weighted by Crippen LogP contribution is 2.28. The number of hydrogen-bond acceptors (Lipinski definition) is 9. The Morgan fingerprint density at radius 1 is 0.960 bits per heavy atom. The fourth-order valence-electron chi connectivity index (χ4n) is 2.43. The molecule has 0 radical (unpaired) electrons. The minimum atomic E-state index is -1.51. The topological polar surface area (TPSA) is 118 Å². The molecule has 144 valence electrons. The van der Waals surface area contributed by atoms with Crippen LogP contribution in [0.1, 0.15) is 40.5 Å². The van der Waals surface area contributed by atoms with Crippen LogP contribution in [0.3, 0.4) is 0 Å². The van der Waals surface area contributed by atoms with E-state index >= 15 is 0 Å². The first-order chi connectivity index (χ1) is 11.8. The lowest BCUT2D eigenvalue weighted by atomic mass is 9.98. The number of aliphatic hydroxyl groups excluding tert-OH is 1. The Morgan fingerprint density at radius 3 is 2.08 bits per heavy atom. The van der Waals surface area contributed by atoms with Crippen LogP contribution in [-0.4, -0.2) is 66.9 Å². The molecule has 0 aromatic rings. The van der Waals surface area contributed by atoms with E-state index < -0.39 is 48.6 Å². The molecule has 0 spiro atoms. The highest BCUT2D eigenvalue weighted by molar-refractivity contribution is 5.67. The summed E-state index contributed by atoms with van der Waals surface area (Å²) in [5, 5.41) is 10.2. The minimum Gasteiger partial charge on any atom is -0.463 e. The molecule has 0 bridgehead atoms. The molecular formula is C16H26O9. The predicted octanol–water partition coefficient (Wildman–Crippen LogP) is 0.315. The van der Waals surface area contributed by atoms with Gasteiger partial charge in [0.05, 0.1) is 0 Å². The zero-order valence-corrected chi connectivity index (χ0v) is 14.9. The molecule has 25 heavy (non-hydrogen) atoms. The van der Waals surface area contributed by atoms with Crippen LogP contribution < -0.4 is 0 Å². The summed E-state index contributed by atoms with van der Waals surface area (Å²) < 4.78 is 26.3. The smallest absolute Gasteiger partial charge is 0.303 e. The summed E-state index contributed by atoms with van der Waals surface area (Å²) in [6.07, 6.45) is -4.03. The molecule has 1 aliphatic heterocycles. The molecule has 1 fully saturated rings. The highest BCUT2D eigenvalue weighted by Gasteiger charge is 2.50. The maximum atomic E-state index is 11.5. The van der Waals surface area contributed by atoms with Gasteiger partial charge < -0.3 is 28.8 Å². The van der Waals surface area contributed by atoms with Gasteiger partial charge in [0, 0.05) is 27.4 Å². The van der Waals surface area contributed by atoms with Gasteiger partial charge in [0.1, 0.15) is 18.8 Å². The highest BCUT2D eigenvalue weighted by atomic mass is 16.7. The Labute approximate surface area is 146 Å². The van der Waals surface area contributed by atoms with Crippen LogP contribution >= 0.6 is 0 Å². The average Bonchev–Trinajstić information content (AvgIpc) is 2.50. The lowest BCUT2D eigenvalue weighted by Gasteiger charge is -2.43. The number of unbranched alkanes of at least 4 members (excludes halogenated alkanes) is 1. The van der Waals surface area contributed by atoms with Crippen molar-refractivity contribution in [3.05, 3.63) is 0 Å². The van der Waals surface area contributed by atoms with Gasteiger partial charge in [-0.1, -0.05) is 13.3 Å². The summed E-state index contributed by atoms with van der Waals surface area (Å²) in [4.78, 5) is 33.9. The molecule has 0 aliphatic carbocycles. The fraction of sp³-hybridized carbons (Fsp3) is 0.812. The van der Waals surface area contributed by atoms with Crippen LogP contribution in [0.15, 0.2) is 0 Å². The SMILES string of the molecule is CCCCO[C@@H]1[C@H](OC(C)=O)[C@@H](COC(C)=O)OC(O)[C@H]1OC(C)=O. The van der Waals surface area contributed by atoms with Crippen LogP contribution in [-0.2, 0) is 38.1 Å². The molecule has 1 saturated heterocycles. The third-order valence-electron chi connectivity index (χ3n) is 3.47. The van der Waals surface area contributed by atoms with E-state index in [1.54, 1.807) is 0 Å². The Hall–Kier alpha value is -1.71. The van der Waals surface area contributed by atoms with Crippen molar-refractivity contribution in [2.45, 2.75) is 71.2 Å². The van der Waals surface area contributed by atoms with Crippen LogP contribution in [0.2, 0.25) is 0 Å². The van der Waals surface area contributed by atoms with E-state index in [2.05, 4.69) is 0 Å². The van der Waals surface area contributed by atoms with E-state index in [-0.39, 0.29) is 6.61 Å². The summed E-state index contributed by atoms with van der Waals surface area (Å²) in [5.74, 6) is -1.80. The van der Waals surface area contributed by atoms with Crippen LogP contribution in [0.25, 0.3) is 0 Å². The van der Waals surface area contributed by atoms with Gasteiger partial charge in [0.2, 0.25) is 0 Å². The second-order valence-electron chi connectivity index (χ2n) is 5.70. The summed E-state index contributed by atoms with van der Waals surface area (Å²) in [5.41, 5.74) is 0. The first-order valence-electron chi connectivity index (χ1n) is 8.19. The molecule has 9 nitrogen and oxygen atoms in total. The first-order valence-corrected chi connectivity index (χ1v) is 8.19. The maximum absolute atomic E-state index is 11.5. The summed E-state index contributed by atoms with van der Waals surface area (Å²) in [6, 6.07) is 0. The molecule has 1 unspecified atom stereocenters. The zero-order chi connectivity index (χ0) is 19.0. The van der Waals surface area contributed by atoms with Crippen LogP contribution in [0, 0.1) is 0 Å². The molecule has 1 heterocycles. The number of carbonyl (C=O) groups is 3. The van der Waals surface area contributed by atoms with E-state index in [9.17, 15) is 19.5 Å². The molecule has 0 saturated carbocycles. The molecule has 1 aliphatic rings. The minimum absolute atomic E-state index is 0.245. The normalized spacial score (nSPS) is 28.9. The van der Waals surface area contributed by atoms with Crippen LogP contribution in [0.4, 0.5) is 0 Å². The largest absolute Gasteiger partial charge is 0.463 e. The van der Waals surface area contributed by atoms with Crippen molar-refractivity contribution < 1.29 is 43.2 Å². The monoisotopic (exact) mass is 362 g/mol. The van der Waals surface area contributed by atoms with Crippen molar-refractivity contribution in [1.29, 1.82) is 0 Å². The van der Waals surface area contributed by atoms with Gasteiger partial charge in [0.25, 0.3) is 0 Å². The number of esters is 3. The number of carbonyl (C=O) groups excluding carboxylic acids is 3. The predicted molar refractivity (Wildman–Crippen MR) is 83.3 cm³/mol. The van der Waals surface area contributed by atoms with Gasteiger partial charge in [-0.05, 0) is 6.42 Å². The van der Waals surface area contributed by atoms with Gasteiger partial charge in [-0.15, -0.1) is 0 Å². The summed E-state index contributed by atoms with van der Waals surface area (Å²) in [7, 11) is 0. The number of hydrogen-bond donors (Lipinski definition) is 1. The molecule has 5 atom stereocenters. The number of rotatable bonds is 8. The molecule has 0 aromatic carbocycles. The summed E-state index contributed by atoms with van der Waals surface area (Å²) in [6.45, 7) is 5.64. The van der Waals surface area contributed by atoms with Crippen molar-refractivity contribution in [1.82, 2.24) is 0 Å². The van der Waals surface area contributed by atoms with Gasteiger partial charge in [-0.2, -0.15) is 0 Å². The third kappa shape index (κ3) is 6.97. The van der Waals surface area contributed by atoms with Crippen molar-refractivity contribution in [3.8, 4) is 0 Å². The average molecular weight is 362 g/mol.